The second kappa shape index (κ2) is 7.55. The summed E-state index contributed by atoms with van der Waals surface area (Å²) in [5.74, 6) is 0. The first-order valence-corrected chi connectivity index (χ1v) is 8.89. The maximum absolute atomic E-state index is 11.6. The molecule has 0 bridgehead atoms. The highest BCUT2D eigenvalue weighted by molar-refractivity contribution is 5.65. The summed E-state index contributed by atoms with van der Waals surface area (Å²) < 4.78 is 0. The van der Waals surface area contributed by atoms with E-state index in [4.69, 9.17) is 0 Å². The van der Waals surface area contributed by atoms with Crippen LogP contribution in [0.25, 0.3) is 0 Å². The molecule has 1 aliphatic rings. The molecule has 25 heavy (non-hydrogen) atoms. The maximum atomic E-state index is 11.6. The number of hydrogen-bond acceptors (Lipinski definition) is 4. The number of benzene rings is 2. The number of aryl methyl sites for hydroxylation is 1. The van der Waals surface area contributed by atoms with E-state index in [1.54, 1.807) is 6.07 Å². The van der Waals surface area contributed by atoms with Crippen molar-refractivity contribution >= 4 is 17.1 Å². The number of hydrogen-bond donors (Lipinski definition) is 1. The average molecular weight is 339 g/mol. The minimum atomic E-state index is -0.258. The van der Waals surface area contributed by atoms with Gasteiger partial charge in [0.25, 0.3) is 5.69 Å². The first-order valence-electron chi connectivity index (χ1n) is 8.89. The predicted octanol–water partition coefficient (Wildman–Crippen LogP) is 4.89. The monoisotopic (exact) mass is 339 g/mol. The first-order chi connectivity index (χ1) is 12.0. The Hall–Kier alpha value is -2.56. The third-order valence-corrected chi connectivity index (χ3v) is 4.90. The Kier molecular flexibility index (Phi) is 5.22. The lowest BCUT2D eigenvalue weighted by Crippen LogP contribution is -2.37. The van der Waals surface area contributed by atoms with Crippen molar-refractivity contribution in [3.63, 3.8) is 0 Å². The fourth-order valence-corrected chi connectivity index (χ4v) is 3.40. The van der Waals surface area contributed by atoms with Gasteiger partial charge in [-0.05, 0) is 56.9 Å². The quantitative estimate of drug-likeness (QED) is 0.622. The highest BCUT2D eigenvalue weighted by Crippen LogP contribution is 2.33. The Morgan fingerprint density at radius 2 is 1.96 bits per heavy atom. The lowest BCUT2D eigenvalue weighted by Gasteiger charge is -2.35. The zero-order valence-corrected chi connectivity index (χ0v) is 14.9. The largest absolute Gasteiger partial charge is 0.381 e. The molecule has 1 aliphatic heterocycles. The van der Waals surface area contributed by atoms with Gasteiger partial charge in [0.05, 0.1) is 4.92 Å². The number of rotatable bonds is 5. The van der Waals surface area contributed by atoms with Gasteiger partial charge in [-0.2, -0.15) is 0 Å². The van der Waals surface area contributed by atoms with Crippen molar-refractivity contribution in [1.82, 2.24) is 0 Å². The number of nitro groups is 1. The molecule has 1 saturated heterocycles. The lowest BCUT2D eigenvalue weighted by atomic mass is 10.0. The van der Waals surface area contributed by atoms with E-state index in [1.807, 2.05) is 43.3 Å². The van der Waals surface area contributed by atoms with Crippen LogP contribution in [0.4, 0.5) is 17.1 Å². The molecule has 0 radical (unpaired) electrons. The van der Waals surface area contributed by atoms with Crippen LogP contribution in [0.5, 0.6) is 0 Å². The Bertz CT molecular complexity index is 743. The third kappa shape index (κ3) is 4.10. The van der Waals surface area contributed by atoms with Crippen LogP contribution in [0.15, 0.2) is 42.5 Å². The molecule has 0 spiro atoms. The molecule has 0 aliphatic carbocycles. The Morgan fingerprint density at radius 1 is 1.20 bits per heavy atom. The molecule has 1 fully saturated rings. The van der Waals surface area contributed by atoms with Gasteiger partial charge >= 0.3 is 0 Å². The topological polar surface area (TPSA) is 58.4 Å². The van der Waals surface area contributed by atoms with E-state index in [2.05, 4.69) is 17.1 Å². The normalized spacial score (nSPS) is 17.4. The second-order valence-corrected chi connectivity index (χ2v) is 6.84. The Labute approximate surface area is 148 Å². The van der Waals surface area contributed by atoms with Crippen molar-refractivity contribution in [3.8, 4) is 0 Å². The molecule has 0 amide bonds. The van der Waals surface area contributed by atoms with E-state index in [9.17, 15) is 10.1 Å². The lowest BCUT2D eigenvalue weighted by molar-refractivity contribution is -0.384. The second-order valence-electron chi connectivity index (χ2n) is 6.84. The smallest absolute Gasteiger partial charge is 0.292 e. The molecular weight excluding hydrogens is 314 g/mol. The van der Waals surface area contributed by atoms with Crippen molar-refractivity contribution in [2.75, 3.05) is 16.8 Å². The summed E-state index contributed by atoms with van der Waals surface area (Å²) in [7, 11) is 0. The van der Waals surface area contributed by atoms with Crippen LogP contribution in [0.1, 0.15) is 37.3 Å². The molecule has 2 aromatic carbocycles. The third-order valence-electron chi connectivity index (χ3n) is 4.90. The molecule has 5 nitrogen and oxygen atoms in total. The van der Waals surface area contributed by atoms with Gasteiger partial charge in [0.2, 0.25) is 0 Å². The van der Waals surface area contributed by atoms with Crippen LogP contribution in [0, 0.1) is 17.0 Å². The fraction of sp³-hybridized carbons (Fsp3) is 0.400. The summed E-state index contributed by atoms with van der Waals surface area (Å²) in [5.41, 5.74) is 4.09. The Balaban J connectivity index is 1.78. The van der Waals surface area contributed by atoms with Crippen LogP contribution >= 0.6 is 0 Å². The van der Waals surface area contributed by atoms with Crippen LogP contribution in [0.3, 0.4) is 0 Å². The molecular formula is C20H25N3O2. The van der Waals surface area contributed by atoms with Crippen LogP contribution in [0.2, 0.25) is 0 Å². The van der Waals surface area contributed by atoms with Crippen molar-refractivity contribution in [2.24, 2.45) is 0 Å². The zero-order valence-electron chi connectivity index (χ0n) is 14.9. The van der Waals surface area contributed by atoms with Gasteiger partial charge in [-0.3, -0.25) is 10.1 Å². The van der Waals surface area contributed by atoms with Crippen molar-refractivity contribution < 1.29 is 4.92 Å². The van der Waals surface area contributed by atoms with Gasteiger partial charge in [0, 0.05) is 30.9 Å². The minimum absolute atomic E-state index is 0.206. The number of piperidine rings is 1. The summed E-state index contributed by atoms with van der Waals surface area (Å²) >= 11 is 0. The SMILES string of the molecule is Cc1ccc(NCc2ccc(N3CCCCC3C)c([N+](=O)[O-])c2)cc1. The summed E-state index contributed by atoms with van der Waals surface area (Å²) in [6, 6.07) is 14.1. The van der Waals surface area contributed by atoms with Crippen LogP contribution in [-0.4, -0.2) is 17.5 Å². The van der Waals surface area contributed by atoms with Gasteiger partial charge in [-0.1, -0.05) is 23.8 Å². The van der Waals surface area contributed by atoms with Crippen molar-refractivity contribution in [3.05, 3.63) is 63.7 Å². The molecule has 5 heteroatoms. The summed E-state index contributed by atoms with van der Waals surface area (Å²) in [4.78, 5) is 13.5. The predicted molar refractivity (Wildman–Crippen MR) is 102 cm³/mol. The summed E-state index contributed by atoms with van der Waals surface area (Å²) in [6.07, 6.45) is 3.39. The van der Waals surface area contributed by atoms with Gasteiger partial charge < -0.3 is 10.2 Å². The van der Waals surface area contributed by atoms with Crippen LogP contribution < -0.4 is 10.2 Å². The number of nitro benzene ring substituents is 1. The van der Waals surface area contributed by atoms with E-state index >= 15 is 0 Å². The summed E-state index contributed by atoms with van der Waals surface area (Å²) in [6.45, 7) is 5.66. The van der Waals surface area contributed by atoms with E-state index < -0.39 is 0 Å². The fourth-order valence-electron chi connectivity index (χ4n) is 3.40. The molecule has 1 atom stereocenters. The van der Waals surface area contributed by atoms with E-state index in [1.165, 1.54) is 12.0 Å². The first kappa shape index (κ1) is 17.3. The summed E-state index contributed by atoms with van der Waals surface area (Å²) in [5, 5.41) is 14.9. The molecule has 0 aromatic heterocycles. The Morgan fingerprint density at radius 3 is 2.64 bits per heavy atom. The van der Waals surface area contributed by atoms with Gasteiger partial charge in [-0.15, -0.1) is 0 Å². The van der Waals surface area contributed by atoms with Gasteiger partial charge in [0.15, 0.2) is 0 Å². The van der Waals surface area contributed by atoms with E-state index in [0.717, 1.165) is 36.3 Å². The van der Waals surface area contributed by atoms with Gasteiger partial charge in [-0.25, -0.2) is 0 Å². The minimum Gasteiger partial charge on any atom is -0.381 e. The molecule has 1 N–H and O–H groups in total. The molecule has 1 heterocycles. The van der Waals surface area contributed by atoms with E-state index in [-0.39, 0.29) is 10.6 Å². The van der Waals surface area contributed by atoms with Crippen molar-refractivity contribution in [2.45, 2.75) is 45.7 Å². The highest BCUT2D eigenvalue weighted by Gasteiger charge is 2.25. The van der Waals surface area contributed by atoms with Crippen molar-refractivity contribution in [1.29, 1.82) is 0 Å². The highest BCUT2D eigenvalue weighted by atomic mass is 16.6. The van der Waals surface area contributed by atoms with E-state index in [0.29, 0.717) is 12.6 Å². The van der Waals surface area contributed by atoms with Gasteiger partial charge in [0.1, 0.15) is 5.69 Å². The molecule has 132 valence electrons. The molecule has 2 aromatic rings. The number of nitrogens with one attached hydrogen (secondary N) is 1. The molecule has 3 rings (SSSR count). The molecule has 0 saturated carbocycles. The standard InChI is InChI=1S/C20H25N3O2/c1-15-6-9-18(10-7-15)21-14-17-8-11-19(20(13-17)23(24)25)22-12-4-3-5-16(22)2/h6-11,13,16,21H,3-5,12,14H2,1-2H3. The molecule has 1 unspecified atom stereocenters. The number of nitrogens with zero attached hydrogens (tertiary/aromatic N) is 2. The average Bonchev–Trinajstić information content (AvgIpc) is 2.61. The maximum Gasteiger partial charge on any atom is 0.292 e. The van der Waals surface area contributed by atoms with Crippen LogP contribution in [-0.2, 0) is 6.54 Å². The zero-order chi connectivity index (χ0) is 17.8. The number of anilines is 2.